The highest BCUT2D eigenvalue weighted by Crippen LogP contribution is 2.39. The van der Waals surface area contributed by atoms with E-state index in [4.69, 9.17) is 4.74 Å². The maximum absolute atomic E-state index is 11.2. The molecule has 0 heterocycles. The van der Waals surface area contributed by atoms with Crippen LogP contribution in [0.25, 0.3) is 11.1 Å². The minimum absolute atomic E-state index is 0.261. The van der Waals surface area contributed by atoms with Crippen molar-refractivity contribution in [2.45, 2.75) is 26.2 Å². The number of ether oxygens (including phenoxy) is 1. The summed E-state index contributed by atoms with van der Waals surface area (Å²) in [7, 11) is 0. The van der Waals surface area contributed by atoms with E-state index in [-0.39, 0.29) is 11.2 Å². The molecule has 0 atom stereocenters. The number of rotatable bonds is 7. The van der Waals surface area contributed by atoms with Gasteiger partial charge < -0.3 is 9.84 Å². The third kappa shape index (κ3) is 5.37. The first-order chi connectivity index (χ1) is 18.4. The molecule has 5 aromatic carbocycles. The van der Waals surface area contributed by atoms with Gasteiger partial charge in [0.1, 0.15) is 17.2 Å². The lowest BCUT2D eigenvalue weighted by Gasteiger charge is -2.28. The van der Waals surface area contributed by atoms with Crippen LogP contribution in [0.2, 0.25) is 0 Å². The fraction of sp³-hybridized carbons (Fsp3) is 0.114. The van der Waals surface area contributed by atoms with E-state index in [0.29, 0.717) is 5.56 Å². The Bertz CT molecular complexity index is 1550. The second-order valence-corrected chi connectivity index (χ2v) is 9.96. The van der Waals surface area contributed by atoms with E-state index in [2.05, 4.69) is 43.1 Å². The van der Waals surface area contributed by atoms with Gasteiger partial charge in [-0.3, -0.25) is 4.99 Å². The zero-order chi connectivity index (χ0) is 26.5. The number of para-hydroxylation sites is 2. The highest BCUT2D eigenvalue weighted by atomic mass is 16.5. The van der Waals surface area contributed by atoms with Crippen LogP contribution in [0.4, 0.5) is 5.69 Å². The lowest BCUT2D eigenvalue weighted by Crippen LogP contribution is -2.19. The van der Waals surface area contributed by atoms with Crippen molar-refractivity contribution in [1.82, 2.24) is 0 Å². The minimum Gasteiger partial charge on any atom is -0.507 e. The second kappa shape index (κ2) is 10.8. The molecule has 0 aliphatic heterocycles. The molecule has 1 N–H and O–H groups in total. The van der Waals surface area contributed by atoms with Gasteiger partial charge in [0.05, 0.1) is 5.69 Å². The van der Waals surface area contributed by atoms with Crippen LogP contribution >= 0.6 is 0 Å². The SMILES string of the molecule is Cc1cc(C=Nc2ccc(-c3ccccc3Oc3ccccc3)cc2)c(O)c(C(C)(C)c2ccccc2)c1. The van der Waals surface area contributed by atoms with Crippen molar-refractivity contribution >= 4 is 11.9 Å². The number of aromatic hydroxyl groups is 1. The summed E-state index contributed by atoms with van der Waals surface area (Å²) < 4.78 is 6.14. The minimum atomic E-state index is -0.350. The van der Waals surface area contributed by atoms with Gasteiger partial charge in [0.25, 0.3) is 0 Å². The topological polar surface area (TPSA) is 41.8 Å². The number of hydrogen-bond donors (Lipinski definition) is 1. The van der Waals surface area contributed by atoms with Gasteiger partial charge in [-0.05, 0) is 60.0 Å². The van der Waals surface area contributed by atoms with Crippen LogP contribution in [-0.2, 0) is 5.41 Å². The maximum atomic E-state index is 11.2. The van der Waals surface area contributed by atoms with Crippen molar-refractivity contribution in [1.29, 1.82) is 0 Å². The Balaban J connectivity index is 1.40. The summed E-state index contributed by atoms with van der Waals surface area (Å²) >= 11 is 0. The molecule has 0 aliphatic rings. The molecule has 0 bridgehead atoms. The quantitative estimate of drug-likeness (QED) is 0.228. The predicted molar refractivity (Wildman–Crippen MR) is 157 cm³/mol. The predicted octanol–water partition coefficient (Wildman–Crippen LogP) is 9.24. The number of phenols is 1. The molecule has 0 aliphatic carbocycles. The maximum Gasteiger partial charge on any atom is 0.135 e. The molecule has 0 amide bonds. The number of aryl methyl sites for hydroxylation is 1. The summed E-state index contributed by atoms with van der Waals surface area (Å²) in [6.45, 7) is 6.32. The van der Waals surface area contributed by atoms with Crippen LogP contribution in [0.1, 0.15) is 36.1 Å². The van der Waals surface area contributed by atoms with Crippen molar-refractivity contribution in [3.8, 4) is 28.4 Å². The third-order valence-corrected chi connectivity index (χ3v) is 6.84. The normalized spacial score (nSPS) is 11.6. The number of phenolic OH excluding ortho intramolecular Hbond substituents is 1. The molecule has 188 valence electrons. The first-order valence-electron chi connectivity index (χ1n) is 12.8. The smallest absolute Gasteiger partial charge is 0.135 e. The molecule has 5 rings (SSSR count). The van der Waals surface area contributed by atoms with Gasteiger partial charge in [-0.2, -0.15) is 0 Å². The molecule has 0 saturated carbocycles. The Labute approximate surface area is 224 Å². The molecular weight excluding hydrogens is 466 g/mol. The van der Waals surface area contributed by atoms with Crippen molar-refractivity contribution in [2.24, 2.45) is 4.99 Å². The molecule has 0 radical (unpaired) electrons. The summed E-state index contributed by atoms with van der Waals surface area (Å²) in [6, 6.07) is 40.1. The molecule has 0 unspecified atom stereocenters. The van der Waals surface area contributed by atoms with Gasteiger partial charge >= 0.3 is 0 Å². The zero-order valence-corrected chi connectivity index (χ0v) is 21.9. The Kier molecular flexibility index (Phi) is 7.10. The lowest BCUT2D eigenvalue weighted by atomic mass is 9.76. The van der Waals surface area contributed by atoms with Crippen molar-refractivity contribution in [3.05, 3.63) is 144 Å². The number of nitrogens with zero attached hydrogens (tertiary/aromatic N) is 1. The van der Waals surface area contributed by atoms with Gasteiger partial charge in [-0.1, -0.05) is 98.8 Å². The van der Waals surface area contributed by atoms with Crippen LogP contribution in [0.3, 0.4) is 0 Å². The van der Waals surface area contributed by atoms with Gasteiger partial charge in [-0.15, -0.1) is 0 Å². The molecule has 3 nitrogen and oxygen atoms in total. The highest BCUT2D eigenvalue weighted by Gasteiger charge is 2.27. The van der Waals surface area contributed by atoms with E-state index in [0.717, 1.165) is 45.0 Å². The van der Waals surface area contributed by atoms with Crippen LogP contribution < -0.4 is 4.74 Å². The molecule has 5 aromatic rings. The summed E-state index contributed by atoms with van der Waals surface area (Å²) in [4.78, 5) is 4.68. The highest BCUT2D eigenvalue weighted by molar-refractivity contribution is 5.87. The molecule has 0 saturated heterocycles. The van der Waals surface area contributed by atoms with E-state index < -0.39 is 0 Å². The lowest BCUT2D eigenvalue weighted by molar-refractivity contribution is 0.452. The second-order valence-electron chi connectivity index (χ2n) is 9.96. The Hall–Kier alpha value is -4.63. The van der Waals surface area contributed by atoms with Gasteiger partial charge in [0, 0.05) is 28.3 Å². The zero-order valence-electron chi connectivity index (χ0n) is 21.9. The van der Waals surface area contributed by atoms with Gasteiger partial charge in [0.2, 0.25) is 0 Å². The molecule has 0 fully saturated rings. The fourth-order valence-electron chi connectivity index (χ4n) is 4.67. The van der Waals surface area contributed by atoms with Gasteiger partial charge in [-0.25, -0.2) is 0 Å². The van der Waals surface area contributed by atoms with Crippen LogP contribution in [0.15, 0.2) is 126 Å². The summed E-state index contributed by atoms with van der Waals surface area (Å²) in [6.07, 6.45) is 1.74. The fourth-order valence-corrected chi connectivity index (χ4v) is 4.67. The summed E-state index contributed by atoms with van der Waals surface area (Å²) in [5, 5.41) is 11.2. The Morgan fingerprint density at radius 3 is 2.08 bits per heavy atom. The standard InChI is InChI=1S/C35H31NO2/c1-25-22-27(34(37)32(23-25)35(2,3)28-12-6-4-7-13-28)24-36-29-20-18-26(19-21-29)31-16-10-11-17-33(31)38-30-14-8-5-9-15-30/h4-24,37H,1-3H3. The van der Waals surface area contributed by atoms with E-state index in [1.54, 1.807) is 6.21 Å². The molecule has 0 spiro atoms. The van der Waals surface area contributed by atoms with Crippen LogP contribution in [0, 0.1) is 6.92 Å². The average molecular weight is 498 g/mol. The van der Waals surface area contributed by atoms with E-state index in [9.17, 15) is 5.11 Å². The van der Waals surface area contributed by atoms with E-state index >= 15 is 0 Å². The first kappa shape index (κ1) is 25.0. The number of hydrogen-bond acceptors (Lipinski definition) is 3. The Morgan fingerprint density at radius 1 is 0.737 bits per heavy atom. The summed E-state index contributed by atoms with van der Waals surface area (Å²) in [5.41, 5.74) is 6.32. The first-order valence-corrected chi connectivity index (χ1v) is 12.8. The Morgan fingerprint density at radius 2 is 1.37 bits per heavy atom. The van der Waals surface area contributed by atoms with Crippen molar-refractivity contribution < 1.29 is 9.84 Å². The average Bonchev–Trinajstić information content (AvgIpc) is 2.95. The molecule has 38 heavy (non-hydrogen) atoms. The monoisotopic (exact) mass is 497 g/mol. The number of aliphatic imine (C=N–C) groups is 1. The third-order valence-electron chi connectivity index (χ3n) is 6.84. The van der Waals surface area contributed by atoms with E-state index in [1.165, 1.54) is 0 Å². The van der Waals surface area contributed by atoms with E-state index in [1.807, 2.05) is 104 Å². The van der Waals surface area contributed by atoms with Crippen molar-refractivity contribution in [2.75, 3.05) is 0 Å². The molecule has 3 heteroatoms. The largest absolute Gasteiger partial charge is 0.507 e. The molecular formula is C35H31NO2. The number of benzene rings is 5. The summed E-state index contributed by atoms with van der Waals surface area (Å²) in [5.74, 6) is 1.86. The van der Waals surface area contributed by atoms with Gasteiger partial charge in [0.15, 0.2) is 0 Å². The van der Waals surface area contributed by atoms with Crippen LogP contribution in [0.5, 0.6) is 17.2 Å². The van der Waals surface area contributed by atoms with Crippen molar-refractivity contribution in [3.63, 3.8) is 0 Å². The van der Waals surface area contributed by atoms with Crippen LogP contribution in [-0.4, -0.2) is 11.3 Å². The molecule has 0 aromatic heterocycles.